The second kappa shape index (κ2) is 5.94. The molecule has 0 saturated heterocycles. The largest absolute Gasteiger partial charge is 0.351 e. The van der Waals surface area contributed by atoms with E-state index >= 15 is 0 Å². The summed E-state index contributed by atoms with van der Waals surface area (Å²) in [7, 11) is 0. The van der Waals surface area contributed by atoms with Gasteiger partial charge in [-0.25, -0.2) is 8.78 Å². The maximum Gasteiger partial charge on any atom is 0.234 e. The van der Waals surface area contributed by atoms with Gasteiger partial charge in [-0.1, -0.05) is 28.9 Å². The highest BCUT2D eigenvalue weighted by Gasteiger charge is 2.12. The second-order valence-electron chi connectivity index (χ2n) is 3.33. The molecule has 1 N–H and O–H groups in total. The second-order valence-corrected chi connectivity index (χ2v) is 4.43. The smallest absolute Gasteiger partial charge is 0.234 e. The molecule has 2 nitrogen and oxygen atoms in total. The highest BCUT2D eigenvalue weighted by molar-refractivity contribution is 9.10. The van der Waals surface area contributed by atoms with Crippen molar-refractivity contribution in [1.82, 2.24) is 5.32 Å². The quantitative estimate of drug-likeness (QED) is 0.849. The Morgan fingerprint density at radius 2 is 2.19 bits per heavy atom. The van der Waals surface area contributed by atoms with Gasteiger partial charge in [0.05, 0.1) is 4.83 Å². The number of benzene rings is 1. The fourth-order valence-corrected chi connectivity index (χ4v) is 1.31. The highest BCUT2D eigenvalue weighted by atomic mass is 79.9. The SMILES string of the molecule is CCC(Br)C(=O)NCc1ccc(F)cc1F. The van der Waals surface area contributed by atoms with Gasteiger partial charge in [-0.15, -0.1) is 0 Å². The van der Waals surface area contributed by atoms with E-state index in [2.05, 4.69) is 21.2 Å². The van der Waals surface area contributed by atoms with Crippen molar-refractivity contribution in [3.63, 3.8) is 0 Å². The summed E-state index contributed by atoms with van der Waals surface area (Å²) in [5, 5.41) is 2.56. The van der Waals surface area contributed by atoms with Crippen LogP contribution in [-0.2, 0) is 11.3 Å². The molecule has 0 bridgehead atoms. The van der Waals surface area contributed by atoms with E-state index in [1.165, 1.54) is 6.07 Å². The van der Waals surface area contributed by atoms with Crippen molar-refractivity contribution in [2.24, 2.45) is 0 Å². The molecule has 0 spiro atoms. The van der Waals surface area contributed by atoms with Gasteiger partial charge in [-0.3, -0.25) is 4.79 Å². The van der Waals surface area contributed by atoms with Gasteiger partial charge < -0.3 is 5.32 Å². The first-order chi connectivity index (χ1) is 7.54. The first kappa shape index (κ1) is 13.1. The van der Waals surface area contributed by atoms with Crippen LogP contribution in [-0.4, -0.2) is 10.7 Å². The molecule has 0 radical (unpaired) electrons. The standard InChI is InChI=1S/C11H12BrF2NO/c1-2-9(12)11(16)15-6-7-3-4-8(13)5-10(7)14/h3-5,9H,2,6H2,1H3,(H,15,16). The average Bonchev–Trinajstić information content (AvgIpc) is 2.26. The zero-order chi connectivity index (χ0) is 12.1. The van der Waals surface area contributed by atoms with E-state index in [0.29, 0.717) is 6.42 Å². The van der Waals surface area contributed by atoms with Gasteiger partial charge in [0.1, 0.15) is 11.6 Å². The van der Waals surface area contributed by atoms with E-state index in [9.17, 15) is 13.6 Å². The summed E-state index contributed by atoms with van der Waals surface area (Å²) in [6.45, 7) is 1.92. The highest BCUT2D eigenvalue weighted by Crippen LogP contribution is 2.10. The number of carbonyl (C=O) groups is 1. The van der Waals surface area contributed by atoms with Gasteiger partial charge in [0, 0.05) is 18.2 Å². The number of carbonyl (C=O) groups excluding carboxylic acids is 1. The molecule has 1 unspecified atom stereocenters. The number of hydrogen-bond acceptors (Lipinski definition) is 1. The third-order valence-corrected chi connectivity index (χ3v) is 3.17. The molecule has 0 aliphatic carbocycles. The number of hydrogen-bond donors (Lipinski definition) is 1. The van der Waals surface area contributed by atoms with Crippen molar-refractivity contribution in [2.75, 3.05) is 0 Å². The first-order valence-electron chi connectivity index (χ1n) is 4.90. The lowest BCUT2D eigenvalue weighted by atomic mass is 10.2. The lowest BCUT2D eigenvalue weighted by Crippen LogP contribution is -2.30. The Morgan fingerprint density at radius 1 is 1.50 bits per heavy atom. The lowest BCUT2D eigenvalue weighted by Gasteiger charge is -2.09. The molecule has 1 aromatic rings. The number of alkyl halides is 1. The summed E-state index contributed by atoms with van der Waals surface area (Å²) in [5.41, 5.74) is 0.269. The molecule has 1 aromatic carbocycles. The summed E-state index contributed by atoms with van der Waals surface area (Å²) < 4.78 is 25.8. The Morgan fingerprint density at radius 3 is 2.75 bits per heavy atom. The van der Waals surface area contributed by atoms with Gasteiger partial charge in [0.15, 0.2) is 0 Å². The molecule has 88 valence electrons. The van der Waals surface area contributed by atoms with E-state index in [1.54, 1.807) is 0 Å². The Kier molecular flexibility index (Phi) is 4.86. The van der Waals surface area contributed by atoms with Crippen LogP contribution in [0.4, 0.5) is 8.78 Å². The summed E-state index contributed by atoms with van der Waals surface area (Å²) in [6.07, 6.45) is 0.651. The molecule has 0 aromatic heterocycles. The minimum atomic E-state index is -0.650. The normalized spacial score (nSPS) is 12.2. The topological polar surface area (TPSA) is 29.1 Å². The van der Waals surface area contributed by atoms with Crippen molar-refractivity contribution >= 4 is 21.8 Å². The molecule has 1 atom stereocenters. The molecule has 0 aliphatic rings. The summed E-state index contributed by atoms with van der Waals surface area (Å²) in [4.78, 5) is 11.1. The van der Waals surface area contributed by atoms with Crippen LogP contribution in [0.25, 0.3) is 0 Å². The van der Waals surface area contributed by atoms with E-state index in [1.807, 2.05) is 6.92 Å². The van der Waals surface area contributed by atoms with Crippen LogP contribution in [0.3, 0.4) is 0 Å². The number of halogens is 3. The van der Waals surface area contributed by atoms with Crippen molar-refractivity contribution in [3.8, 4) is 0 Å². The lowest BCUT2D eigenvalue weighted by molar-refractivity contribution is -0.120. The predicted molar refractivity (Wildman–Crippen MR) is 61.2 cm³/mol. The minimum absolute atomic E-state index is 0.0625. The van der Waals surface area contributed by atoms with Crippen LogP contribution in [0.2, 0.25) is 0 Å². The third kappa shape index (κ3) is 3.56. The molecule has 1 amide bonds. The van der Waals surface area contributed by atoms with E-state index in [4.69, 9.17) is 0 Å². The van der Waals surface area contributed by atoms with Crippen LogP contribution in [0, 0.1) is 11.6 Å². The van der Waals surface area contributed by atoms with Crippen molar-refractivity contribution in [1.29, 1.82) is 0 Å². The summed E-state index contributed by atoms with van der Waals surface area (Å²) in [5.74, 6) is -1.48. The fraction of sp³-hybridized carbons (Fsp3) is 0.364. The summed E-state index contributed by atoms with van der Waals surface area (Å²) >= 11 is 3.18. The van der Waals surface area contributed by atoms with Gasteiger partial charge in [-0.2, -0.15) is 0 Å². The zero-order valence-corrected chi connectivity index (χ0v) is 10.4. The maximum absolute atomic E-state index is 13.2. The molecule has 1 rings (SSSR count). The number of rotatable bonds is 4. The molecule has 0 aliphatic heterocycles. The monoisotopic (exact) mass is 291 g/mol. The van der Waals surface area contributed by atoms with E-state index in [0.717, 1.165) is 12.1 Å². The van der Waals surface area contributed by atoms with E-state index in [-0.39, 0.29) is 22.8 Å². The van der Waals surface area contributed by atoms with Gasteiger partial charge in [0.25, 0.3) is 0 Å². The maximum atomic E-state index is 13.2. The Labute approximate surface area is 101 Å². The van der Waals surface area contributed by atoms with Crippen LogP contribution < -0.4 is 5.32 Å². The van der Waals surface area contributed by atoms with Crippen molar-refractivity contribution < 1.29 is 13.6 Å². The molecular formula is C11H12BrF2NO. The molecule has 0 saturated carbocycles. The molecule has 0 fully saturated rings. The van der Waals surface area contributed by atoms with Crippen LogP contribution in [0.1, 0.15) is 18.9 Å². The Balaban J connectivity index is 2.58. The third-order valence-electron chi connectivity index (χ3n) is 2.11. The van der Waals surface area contributed by atoms with Crippen molar-refractivity contribution in [2.45, 2.75) is 24.7 Å². The van der Waals surface area contributed by atoms with Crippen LogP contribution >= 0.6 is 15.9 Å². The Hall–Kier alpha value is -0.970. The van der Waals surface area contributed by atoms with Gasteiger partial charge in [0.2, 0.25) is 5.91 Å². The Bertz CT molecular complexity index is 384. The molecule has 5 heteroatoms. The fourth-order valence-electron chi connectivity index (χ4n) is 1.14. The summed E-state index contributed by atoms with van der Waals surface area (Å²) in [6, 6.07) is 3.28. The van der Waals surface area contributed by atoms with Gasteiger partial charge in [-0.05, 0) is 12.5 Å². The minimum Gasteiger partial charge on any atom is -0.351 e. The number of nitrogens with one attached hydrogen (secondary N) is 1. The van der Waals surface area contributed by atoms with Crippen molar-refractivity contribution in [3.05, 3.63) is 35.4 Å². The van der Waals surface area contributed by atoms with Crippen LogP contribution in [0.15, 0.2) is 18.2 Å². The predicted octanol–water partition coefficient (Wildman–Crippen LogP) is 2.75. The first-order valence-corrected chi connectivity index (χ1v) is 5.82. The molecule has 0 heterocycles. The molecular weight excluding hydrogens is 280 g/mol. The van der Waals surface area contributed by atoms with Gasteiger partial charge >= 0.3 is 0 Å². The zero-order valence-electron chi connectivity index (χ0n) is 8.77. The van der Waals surface area contributed by atoms with E-state index < -0.39 is 11.6 Å². The number of amides is 1. The molecule has 16 heavy (non-hydrogen) atoms. The average molecular weight is 292 g/mol. The van der Waals surface area contributed by atoms with Crippen LogP contribution in [0.5, 0.6) is 0 Å².